The lowest BCUT2D eigenvalue weighted by atomic mass is 9.85. The lowest BCUT2D eigenvalue weighted by molar-refractivity contribution is -0.141. The Bertz CT molecular complexity index is 969. The van der Waals surface area contributed by atoms with Crippen molar-refractivity contribution in [3.05, 3.63) is 47.5 Å². The topological polar surface area (TPSA) is 80.3 Å². The van der Waals surface area contributed by atoms with Gasteiger partial charge in [0.2, 0.25) is 0 Å². The molecule has 0 amide bonds. The number of unbranched alkanes of at least 4 members (excludes halogenated alkanes) is 1. The summed E-state index contributed by atoms with van der Waals surface area (Å²) in [6, 6.07) is 11.2. The predicted molar refractivity (Wildman–Crippen MR) is 123 cm³/mol. The van der Waals surface area contributed by atoms with Crippen LogP contribution in [0.1, 0.15) is 37.3 Å². The fourth-order valence-electron chi connectivity index (χ4n) is 4.04. The molecular weight excluding hydrogens is 424 g/mol. The minimum atomic E-state index is -0.280. The van der Waals surface area contributed by atoms with Gasteiger partial charge in [-0.15, -0.1) is 0 Å². The van der Waals surface area contributed by atoms with Gasteiger partial charge in [0.05, 0.1) is 33.9 Å². The first-order valence-corrected chi connectivity index (χ1v) is 11.2. The standard InChI is InChI=1S/C26H32O7/c1-5-6-7-25(27)33-22-11-9-18(15-24(22)31-4)13-20-19(16-32-26(20)28)12-17-8-10-21(29-2)23(14-17)30-3/h8-11,14-15,19-20H,5-7,12-13,16H2,1-4H3/t19-,20+/m0/s1. The van der Waals surface area contributed by atoms with E-state index < -0.39 is 0 Å². The molecule has 3 rings (SSSR count). The van der Waals surface area contributed by atoms with Crippen LogP contribution in [0.15, 0.2) is 36.4 Å². The van der Waals surface area contributed by atoms with E-state index in [9.17, 15) is 9.59 Å². The highest BCUT2D eigenvalue weighted by Crippen LogP contribution is 2.35. The maximum Gasteiger partial charge on any atom is 0.311 e. The first-order chi connectivity index (χ1) is 16.0. The molecule has 2 atom stereocenters. The fourth-order valence-corrected chi connectivity index (χ4v) is 4.04. The Hall–Kier alpha value is -3.22. The minimum absolute atomic E-state index is 0.0353. The van der Waals surface area contributed by atoms with Gasteiger partial charge in [0.15, 0.2) is 23.0 Å². The summed E-state index contributed by atoms with van der Waals surface area (Å²) in [7, 11) is 4.74. The molecule has 7 nitrogen and oxygen atoms in total. The Labute approximate surface area is 194 Å². The molecule has 1 aliphatic heterocycles. The smallest absolute Gasteiger partial charge is 0.311 e. The van der Waals surface area contributed by atoms with Gasteiger partial charge in [-0.1, -0.05) is 25.5 Å². The van der Waals surface area contributed by atoms with Gasteiger partial charge in [0.1, 0.15) is 0 Å². The number of carbonyl (C=O) groups is 2. The Balaban J connectivity index is 1.71. The quantitative estimate of drug-likeness (QED) is 0.367. The van der Waals surface area contributed by atoms with Crippen molar-refractivity contribution in [1.82, 2.24) is 0 Å². The molecule has 1 aliphatic rings. The molecule has 1 heterocycles. The first-order valence-electron chi connectivity index (χ1n) is 11.2. The number of carbonyl (C=O) groups excluding carboxylic acids is 2. The minimum Gasteiger partial charge on any atom is -0.493 e. The van der Waals surface area contributed by atoms with E-state index in [1.807, 2.05) is 37.3 Å². The third kappa shape index (κ3) is 6.18. The molecule has 33 heavy (non-hydrogen) atoms. The van der Waals surface area contributed by atoms with Crippen molar-refractivity contribution in [2.24, 2.45) is 11.8 Å². The van der Waals surface area contributed by atoms with Crippen LogP contribution >= 0.6 is 0 Å². The molecule has 2 aromatic rings. The highest BCUT2D eigenvalue weighted by atomic mass is 16.6. The highest BCUT2D eigenvalue weighted by molar-refractivity contribution is 5.75. The summed E-state index contributed by atoms with van der Waals surface area (Å²) in [6.45, 7) is 2.40. The van der Waals surface area contributed by atoms with Crippen LogP contribution in [0.2, 0.25) is 0 Å². The van der Waals surface area contributed by atoms with Crippen molar-refractivity contribution in [1.29, 1.82) is 0 Å². The number of benzene rings is 2. The second-order valence-electron chi connectivity index (χ2n) is 8.16. The zero-order chi connectivity index (χ0) is 23.8. The zero-order valence-corrected chi connectivity index (χ0v) is 19.7. The first kappa shape index (κ1) is 24.4. The number of ether oxygens (including phenoxy) is 5. The highest BCUT2D eigenvalue weighted by Gasteiger charge is 2.37. The van der Waals surface area contributed by atoms with Crippen LogP contribution in [0.3, 0.4) is 0 Å². The van der Waals surface area contributed by atoms with Crippen LogP contribution < -0.4 is 18.9 Å². The van der Waals surface area contributed by atoms with E-state index >= 15 is 0 Å². The molecule has 0 aromatic heterocycles. The summed E-state index contributed by atoms with van der Waals surface area (Å²) in [5, 5.41) is 0. The van der Waals surface area contributed by atoms with Gasteiger partial charge >= 0.3 is 11.9 Å². The molecule has 7 heteroatoms. The molecule has 1 fully saturated rings. The maximum atomic E-state index is 12.5. The van der Waals surface area contributed by atoms with E-state index in [0.717, 1.165) is 24.0 Å². The summed E-state index contributed by atoms with van der Waals surface area (Å²) in [6.07, 6.45) is 3.27. The number of methoxy groups -OCH3 is 3. The number of hydrogen-bond acceptors (Lipinski definition) is 7. The second-order valence-corrected chi connectivity index (χ2v) is 8.16. The molecule has 0 saturated carbocycles. The maximum absolute atomic E-state index is 12.5. The molecule has 178 valence electrons. The average molecular weight is 457 g/mol. The molecule has 0 N–H and O–H groups in total. The van der Waals surface area contributed by atoms with Crippen LogP contribution in [-0.4, -0.2) is 39.9 Å². The Morgan fingerprint density at radius 1 is 0.909 bits per heavy atom. The molecule has 0 bridgehead atoms. The molecule has 0 spiro atoms. The number of rotatable bonds is 11. The molecule has 2 aromatic carbocycles. The lowest BCUT2D eigenvalue weighted by Gasteiger charge is -2.17. The summed E-state index contributed by atoms with van der Waals surface area (Å²) in [5.41, 5.74) is 1.97. The van der Waals surface area contributed by atoms with Gasteiger partial charge in [-0.3, -0.25) is 9.59 Å². The van der Waals surface area contributed by atoms with Crippen LogP contribution in [0.5, 0.6) is 23.0 Å². The van der Waals surface area contributed by atoms with Crippen molar-refractivity contribution < 1.29 is 33.3 Å². The molecule has 0 unspecified atom stereocenters. The van der Waals surface area contributed by atoms with Gasteiger partial charge in [0, 0.05) is 12.3 Å². The van der Waals surface area contributed by atoms with Gasteiger partial charge in [-0.25, -0.2) is 0 Å². The molecule has 0 aliphatic carbocycles. The SMILES string of the molecule is CCCCC(=O)Oc1ccc(C[C@H]2C(=O)OC[C@@H]2Cc2ccc(OC)c(OC)c2)cc1OC. The Kier molecular flexibility index (Phi) is 8.58. The van der Waals surface area contributed by atoms with Crippen LogP contribution in [0.25, 0.3) is 0 Å². The zero-order valence-electron chi connectivity index (χ0n) is 19.7. The molecular formula is C26H32O7. The van der Waals surface area contributed by atoms with Crippen molar-refractivity contribution in [2.45, 2.75) is 39.0 Å². The van der Waals surface area contributed by atoms with Crippen molar-refractivity contribution in [2.75, 3.05) is 27.9 Å². The second kappa shape index (κ2) is 11.6. The third-order valence-corrected chi connectivity index (χ3v) is 5.90. The van der Waals surface area contributed by atoms with Crippen molar-refractivity contribution in [3.63, 3.8) is 0 Å². The van der Waals surface area contributed by atoms with Crippen LogP contribution in [0.4, 0.5) is 0 Å². The van der Waals surface area contributed by atoms with E-state index in [-0.39, 0.29) is 23.8 Å². The third-order valence-electron chi connectivity index (χ3n) is 5.90. The van der Waals surface area contributed by atoms with Crippen molar-refractivity contribution >= 4 is 11.9 Å². The Morgan fingerprint density at radius 2 is 1.52 bits per heavy atom. The van der Waals surface area contributed by atoms with Gasteiger partial charge < -0.3 is 23.7 Å². The largest absolute Gasteiger partial charge is 0.493 e. The normalized spacial score (nSPS) is 17.4. The van der Waals surface area contributed by atoms with Gasteiger partial charge in [-0.2, -0.15) is 0 Å². The summed E-state index contributed by atoms with van der Waals surface area (Å²) < 4.78 is 27.0. The molecule has 1 saturated heterocycles. The van der Waals surface area contributed by atoms with Gasteiger partial charge in [-0.05, 0) is 54.7 Å². The van der Waals surface area contributed by atoms with Crippen LogP contribution in [-0.2, 0) is 27.2 Å². The van der Waals surface area contributed by atoms with E-state index in [1.54, 1.807) is 20.3 Å². The fraction of sp³-hybridized carbons (Fsp3) is 0.462. The van der Waals surface area contributed by atoms with Crippen LogP contribution in [0, 0.1) is 11.8 Å². The summed E-state index contributed by atoms with van der Waals surface area (Å²) >= 11 is 0. The van der Waals surface area contributed by atoms with E-state index in [4.69, 9.17) is 23.7 Å². The van der Waals surface area contributed by atoms with E-state index in [1.165, 1.54) is 7.11 Å². The van der Waals surface area contributed by atoms with E-state index in [2.05, 4.69) is 0 Å². The van der Waals surface area contributed by atoms with Gasteiger partial charge in [0.25, 0.3) is 0 Å². The summed E-state index contributed by atoms with van der Waals surface area (Å²) in [4.78, 5) is 24.5. The van der Waals surface area contributed by atoms with Crippen molar-refractivity contribution in [3.8, 4) is 23.0 Å². The number of hydrogen-bond donors (Lipinski definition) is 0. The monoisotopic (exact) mass is 456 g/mol. The molecule has 0 radical (unpaired) electrons. The Morgan fingerprint density at radius 3 is 2.15 bits per heavy atom. The average Bonchev–Trinajstić information content (AvgIpc) is 3.17. The van der Waals surface area contributed by atoms with E-state index in [0.29, 0.717) is 48.9 Å². The predicted octanol–water partition coefficient (Wildman–Crippen LogP) is 4.38. The number of cyclic esters (lactones) is 1. The number of esters is 2. The summed E-state index contributed by atoms with van der Waals surface area (Å²) in [5.74, 6) is 1.46. The lowest BCUT2D eigenvalue weighted by Crippen LogP contribution is -2.20.